The van der Waals surface area contributed by atoms with Crippen LogP contribution in [0.2, 0.25) is 0 Å². The quantitative estimate of drug-likeness (QED) is 0.362. The van der Waals surface area contributed by atoms with E-state index in [9.17, 15) is 5.26 Å². The van der Waals surface area contributed by atoms with Gasteiger partial charge in [0.1, 0.15) is 5.69 Å². The van der Waals surface area contributed by atoms with Crippen LogP contribution in [-0.2, 0) is 16.7 Å². The molecular formula is C28H28FN7O2. The zero-order chi connectivity index (χ0) is 26.7. The molecule has 0 radical (unpaired) electrons. The average molecular weight is 514 g/mol. The first kappa shape index (κ1) is 25.4. The normalized spacial score (nSPS) is 14.4. The number of hydrogen-bond donors (Lipinski definition) is 2. The molecule has 4 heterocycles. The van der Waals surface area contributed by atoms with Gasteiger partial charge in [0.25, 0.3) is 0 Å². The third-order valence-corrected chi connectivity index (χ3v) is 6.65. The highest BCUT2D eigenvalue weighted by atomic mass is 19.1. The molecule has 0 unspecified atom stereocenters. The summed E-state index contributed by atoms with van der Waals surface area (Å²) in [6.45, 7) is 5.61. The number of nitriles is 1. The van der Waals surface area contributed by atoms with Crippen LogP contribution in [0.25, 0.3) is 34.0 Å². The van der Waals surface area contributed by atoms with Crippen molar-refractivity contribution in [3.05, 3.63) is 65.9 Å². The Kier molecular flexibility index (Phi) is 7.13. The van der Waals surface area contributed by atoms with E-state index in [2.05, 4.69) is 43.6 Å². The molecular weight excluding hydrogens is 485 g/mol. The van der Waals surface area contributed by atoms with E-state index in [0.29, 0.717) is 17.5 Å². The Labute approximate surface area is 219 Å². The molecule has 4 aromatic rings. The zero-order valence-electron chi connectivity index (χ0n) is 21.2. The van der Waals surface area contributed by atoms with E-state index in [1.165, 1.54) is 24.0 Å². The van der Waals surface area contributed by atoms with Gasteiger partial charge in [-0.05, 0) is 38.3 Å². The van der Waals surface area contributed by atoms with E-state index >= 15 is 4.39 Å². The molecule has 38 heavy (non-hydrogen) atoms. The number of pyridine rings is 1. The Balaban J connectivity index is 1.37. The highest BCUT2D eigenvalue weighted by molar-refractivity contribution is 5.73. The van der Waals surface area contributed by atoms with E-state index in [1.807, 2.05) is 12.1 Å². The Morgan fingerprint density at radius 3 is 2.63 bits per heavy atom. The number of nitrogens with one attached hydrogen (secondary N) is 1. The number of anilines is 1. The molecule has 0 aliphatic carbocycles. The van der Waals surface area contributed by atoms with Crippen molar-refractivity contribution in [2.24, 2.45) is 0 Å². The number of ether oxygens (including phenoxy) is 1. The second-order valence-electron chi connectivity index (χ2n) is 9.79. The summed E-state index contributed by atoms with van der Waals surface area (Å²) in [4.78, 5) is 12.8. The van der Waals surface area contributed by atoms with E-state index in [0.717, 1.165) is 38.2 Å². The van der Waals surface area contributed by atoms with Crippen molar-refractivity contribution < 1.29 is 13.7 Å². The fourth-order valence-corrected chi connectivity index (χ4v) is 4.32. The van der Waals surface area contributed by atoms with Gasteiger partial charge in [0, 0.05) is 49.2 Å². The van der Waals surface area contributed by atoms with E-state index in [1.54, 1.807) is 19.9 Å². The van der Waals surface area contributed by atoms with Crippen molar-refractivity contribution in [2.75, 3.05) is 18.9 Å². The second kappa shape index (κ2) is 10.7. The van der Waals surface area contributed by atoms with Crippen LogP contribution in [-0.4, -0.2) is 39.4 Å². The van der Waals surface area contributed by atoms with Crippen LogP contribution < -0.4 is 11.1 Å². The zero-order valence-corrected chi connectivity index (χ0v) is 21.2. The first-order valence-electron chi connectivity index (χ1n) is 12.4. The summed E-state index contributed by atoms with van der Waals surface area (Å²) < 4.78 is 26.3. The van der Waals surface area contributed by atoms with Gasteiger partial charge in [-0.15, -0.1) is 0 Å². The lowest BCUT2D eigenvalue weighted by Gasteiger charge is -2.23. The predicted octanol–water partition coefficient (Wildman–Crippen LogP) is 4.65. The van der Waals surface area contributed by atoms with Crippen LogP contribution in [0.4, 0.5) is 10.2 Å². The fourth-order valence-electron chi connectivity index (χ4n) is 4.32. The fraction of sp³-hybridized carbons (Fsp3) is 0.321. The van der Waals surface area contributed by atoms with Crippen LogP contribution in [0, 0.1) is 17.1 Å². The number of nitrogens with zero attached hydrogens (tertiary/aromatic N) is 5. The summed E-state index contributed by atoms with van der Waals surface area (Å²) in [5.41, 5.74) is 8.33. The van der Waals surface area contributed by atoms with Crippen molar-refractivity contribution in [1.82, 2.24) is 25.4 Å². The molecule has 0 atom stereocenters. The van der Waals surface area contributed by atoms with Crippen molar-refractivity contribution in [3.8, 4) is 40.0 Å². The molecule has 5 rings (SSSR count). The van der Waals surface area contributed by atoms with Crippen LogP contribution in [0.15, 0.2) is 53.3 Å². The highest BCUT2D eigenvalue weighted by Gasteiger charge is 2.28. The minimum atomic E-state index is -1.11. The molecule has 194 valence electrons. The molecule has 1 saturated heterocycles. The molecule has 0 bridgehead atoms. The van der Waals surface area contributed by atoms with Gasteiger partial charge in [-0.2, -0.15) is 5.26 Å². The number of nitrogen functional groups attached to an aromatic ring is 1. The van der Waals surface area contributed by atoms with Gasteiger partial charge in [0.2, 0.25) is 0 Å². The van der Waals surface area contributed by atoms with Crippen LogP contribution >= 0.6 is 0 Å². The molecule has 10 heteroatoms. The van der Waals surface area contributed by atoms with Crippen molar-refractivity contribution in [3.63, 3.8) is 0 Å². The monoisotopic (exact) mass is 513 g/mol. The summed E-state index contributed by atoms with van der Waals surface area (Å²) in [7, 11) is 0. The molecule has 1 aromatic carbocycles. The summed E-state index contributed by atoms with van der Waals surface area (Å²) in [5.74, 6) is -0.198. The maximum absolute atomic E-state index is 15.3. The minimum absolute atomic E-state index is 0.0334. The second-order valence-corrected chi connectivity index (χ2v) is 9.79. The lowest BCUT2D eigenvalue weighted by Crippen LogP contribution is -2.34. The first-order chi connectivity index (χ1) is 18.4. The lowest BCUT2D eigenvalue weighted by molar-refractivity contribution is 0.0776. The smallest absolute Gasteiger partial charge is 0.189 e. The average Bonchev–Trinajstić information content (AvgIpc) is 3.43. The number of nitrogens with two attached hydrogens (primary N) is 1. The maximum Gasteiger partial charge on any atom is 0.189 e. The van der Waals surface area contributed by atoms with E-state index in [-0.39, 0.29) is 28.5 Å². The molecule has 0 saturated carbocycles. The van der Waals surface area contributed by atoms with Gasteiger partial charge in [-0.3, -0.25) is 4.98 Å². The van der Waals surface area contributed by atoms with Crippen molar-refractivity contribution >= 4 is 5.82 Å². The van der Waals surface area contributed by atoms with Gasteiger partial charge in [-0.25, -0.2) is 14.4 Å². The molecule has 3 aromatic heterocycles. The van der Waals surface area contributed by atoms with Gasteiger partial charge in [0.15, 0.2) is 23.1 Å². The number of benzene rings is 1. The summed E-state index contributed by atoms with van der Waals surface area (Å²) in [5, 5.41) is 17.2. The SMILES string of the molecule is CC(C)(C#N)c1nccc(-c2cnc(N)c(-c3cc(-c4ccc(CNC5CCOCC5)cc4)no3)n2)c1F. The third-order valence-electron chi connectivity index (χ3n) is 6.65. The number of aromatic nitrogens is 4. The number of halogens is 1. The van der Waals surface area contributed by atoms with Crippen LogP contribution in [0.1, 0.15) is 37.9 Å². The Bertz CT molecular complexity index is 1470. The molecule has 1 aliphatic heterocycles. The van der Waals surface area contributed by atoms with Crippen LogP contribution in [0.5, 0.6) is 0 Å². The summed E-state index contributed by atoms with van der Waals surface area (Å²) >= 11 is 0. The van der Waals surface area contributed by atoms with Crippen molar-refractivity contribution in [1.29, 1.82) is 5.26 Å². The Morgan fingerprint density at radius 1 is 1.13 bits per heavy atom. The minimum Gasteiger partial charge on any atom is -0.382 e. The Hall–Kier alpha value is -4.20. The molecule has 1 aliphatic rings. The lowest BCUT2D eigenvalue weighted by atomic mass is 9.89. The van der Waals surface area contributed by atoms with Gasteiger partial charge < -0.3 is 20.3 Å². The van der Waals surface area contributed by atoms with Crippen LogP contribution in [0.3, 0.4) is 0 Å². The topological polar surface area (TPSA) is 136 Å². The summed E-state index contributed by atoms with van der Waals surface area (Å²) in [6, 6.07) is 13.8. The molecule has 3 N–H and O–H groups in total. The first-order valence-corrected chi connectivity index (χ1v) is 12.4. The molecule has 0 amide bonds. The largest absolute Gasteiger partial charge is 0.382 e. The standard InChI is InChI=1S/C28H28FN7O2/c1-28(2,16-30)26-24(29)20(7-10-32-26)22-15-34-27(31)25(35-22)23-13-21(36-38-23)18-5-3-17(4-6-18)14-33-19-8-11-37-12-9-19/h3-7,10,13,15,19,33H,8-9,11-12,14H2,1-2H3,(H2,31,34). The van der Waals surface area contributed by atoms with Crippen molar-refractivity contribution in [2.45, 2.75) is 44.7 Å². The molecule has 9 nitrogen and oxygen atoms in total. The predicted molar refractivity (Wildman–Crippen MR) is 140 cm³/mol. The number of rotatable bonds is 7. The molecule has 0 spiro atoms. The third kappa shape index (κ3) is 5.25. The molecule has 1 fully saturated rings. The van der Waals surface area contributed by atoms with E-state index < -0.39 is 11.2 Å². The Morgan fingerprint density at radius 2 is 1.89 bits per heavy atom. The maximum atomic E-state index is 15.3. The van der Waals surface area contributed by atoms with E-state index in [4.69, 9.17) is 15.0 Å². The summed E-state index contributed by atoms with van der Waals surface area (Å²) in [6.07, 6.45) is 4.88. The number of hydrogen-bond acceptors (Lipinski definition) is 9. The highest BCUT2D eigenvalue weighted by Crippen LogP contribution is 2.32. The van der Waals surface area contributed by atoms with Gasteiger partial charge in [-0.1, -0.05) is 29.4 Å². The van der Waals surface area contributed by atoms with Gasteiger partial charge >= 0.3 is 0 Å². The van der Waals surface area contributed by atoms with Gasteiger partial charge in [0.05, 0.1) is 29.1 Å².